The third kappa shape index (κ3) is 5.33. The lowest BCUT2D eigenvalue weighted by molar-refractivity contribution is -0.142. The maximum absolute atomic E-state index is 10.6. The molecule has 0 spiro atoms. The Bertz CT molecular complexity index is 182. The van der Waals surface area contributed by atoms with Gasteiger partial charge in [-0.05, 0) is 6.92 Å². The molecule has 0 bridgehead atoms. The summed E-state index contributed by atoms with van der Waals surface area (Å²) in [5, 5.41) is 0. The van der Waals surface area contributed by atoms with E-state index in [1.165, 1.54) is 0 Å². The van der Waals surface area contributed by atoms with Gasteiger partial charge in [0.05, 0.1) is 6.42 Å². The van der Waals surface area contributed by atoms with E-state index in [0.717, 1.165) is 0 Å². The number of hydrogen-bond donors (Lipinski definition) is 1. The van der Waals surface area contributed by atoms with Crippen LogP contribution in [0, 0.1) is 0 Å². The Morgan fingerprint density at radius 1 is 1.64 bits per heavy atom. The number of esters is 1. The number of hydrogen-bond acceptors (Lipinski definition) is 4. The number of rotatable bonds is 4. The van der Waals surface area contributed by atoms with Crippen molar-refractivity contribution in [3.05, 3.63) is 5.57 Å². The van der Waals surface area contributed by atoms with Gasteiger partial charge >= 0.3 is 5.97 Å². The van der Waals surface area contributed by atoms with Crippen LogP contribution in [0.5, 0.6) is 0 Å². The highest BCUT2D eigenvalue weighted by atomic mass is 16.5. The molecule has 0 aromatic carbocycles. The fraction of sp³-hybridized carbons (Fsp3) is 0.571. The Morgan fingerprint density at radius 3 is 2.73 bits per heavy atom. The quantitative estimate of drug-likeness (QED) is 0.447. The van der Waals surface area contributed by atoms with Crippen molar-refractivity contribution in [3.8, 4) is 0 Å². The van der Waals surface area contributed by atoms with Gasteiger partial charge in [0, 0.05) is 12.1 Å². The van der Waals surface area contributed by atoms with Crippen molar-refractivity contribution in [2.24, 2.45) is 5.73 Å². The van der Waals surface area contributed by atoms with Gasteiger partial charge in [0.1, 0.15) is 12.5 Å². The van der Waals surface area contributed by atoms with Crippen LogP contribution in [-0.2, 0) is 14.3 Å². The summed E-state index contributed by atoms with van der Waals surface area (Å²) in [4.78, 5) is 20.5. The highest BCUT2D eigenvalue weighted by Crippen LogP contribution is 1.89. The van der Waals surface area contributed by atoms with Crippen molar-refractivity contribution < 1.29 is 14.3 Å². The minimum atomic E-state index is -0.387. The second-order valence-electron chi connectivity index (χ2n) is 2.08. The Labute approximate surface area is 65.0 Å². The zero-order valence-electron chi connectivity index (χ0n) is 6.42. The molecule has 4 nitrogen and oxygen atoms in total. The number of carbonyl (C=O) groups excluding carboxylic acids is 2. The molecule has 0 radical (unpaired) electrons. The lowest BCUT2D eigenvalue weighted by atomic mass is 10.4. The largest absolute Gasteiger partial charge is 0.460 e. The van der Waals surface area contributed by atoms with Crippen LogP contribution in [-0.4, -0.2) is 25.1 Å². The Kier molecular flexibility index (Phi) is 5.07. The fourth-order valence-corrected chi connectivity index (χ4v) is 0.408. The van der Waals surface area contributed by atoms with Gasteiger partial charge in [-0.3, -0.25) is 4.79 Å². The summed E-state index contributed by atoms with van der Waals surface area (Å²) in [7, 11) is 0. The average molecular weight is 157 g/mol. The van der Waals surface area contributed by atoms with Crippen LogP contribution in [0.25, 0.3) is 0 Å². The van der Waals surface area contributed by atoms with E-state index >= 15 is 0 Å². The second-order valence-corrected chi connectivity index (χ2v) is 2.08. The van der Waals surface area contributed by atoms with Crippen molar-refractivity contribution in [2.75, 3.05) is 13.2 Å². The van der Waals surface area contributed by atoms with Gasteiger partial charge in [-0.1, -0.05) is 0 Å². The third-order valence-electron chi connectivity index (χ3n) is 0.972. The van der Waals surface area contributed by atoms with Crippen LogP contribution in [0.3, 0.4) is 0 Å². The molecule has 0 saturated carbocycles. The molecular weight excluding hydrogens is 146 g/mol. The molecular formula is C7H11NO3. The summed E-state index contributed by atoms with van der Waals surface area (Å²) in [6.07, 6.45) is 0.187. The zero-order chi connectivity index (χ0) is 8.69. The summed E-state index contributed by atoms with van der Waals surface area (Å²) in [6.45, 7) is 1.83. The molecule has 0 aromatic rings. The molecule has 0 saturated heterocycles. The smallest absolute Gasteiger partial charge is 0.307 e. The van der Waals surface area contributed by atoms with Crippen LogP contribution in [0.4, 0.5) is 0 Å². The minimum Gasteiger partial charge on any atom is -0.460 e. The molecule has 11 heavy (non-hydrogen) atoms. The molecule has 0 aromatic heterocycles. The predicted octanol–water partition coefficient (Wildman–Crippen LogP) is -0.344. The molecule has 0 amide bonds. The molecule has 4 heteroatoms. The molecule has 62 valence electrons. The van der Waals surface area contributed by atoms with E-state index in [4.69, 9.17) is 5.73 Å². The first kappa shape index (κ1) is 9.88. The van der Waals surface area contributed by atoms with Crippen molar-refractivity contribution >= 4 is 11.9 Å². The topological polar surface area (TPSA) is 69.4 Å². The van der Waals surface area contributed by atoms with E-state index in [1.807, 2.05) is 0 Å². The third-order valence-corrected chi connectivity index (χ3v) is 0.972. The monoisotopic (exact) mass is 157 g/mol. The molecule has 0 fully saturated rings. The lowest BCUT2D eigenvalue weighted by Gasteiger charge is -2.00. The van der Waals surface area contributed by atoms with Crippen LogP contribution in [0.15, 0.2) is 5.57 Å². The molecule has 0 atom stereocenters. The van der Waals surface area contributed by atoms with Crippen LogP contribution >= 0.6 is 0 Å². The molecule has 0 aliphatic rings. The Morgan fingerprint density at radius 2 is 2.27 bits per heavy atom. The average Bonchev–Trinajstić information content (AvgIpc) is 2.01. The van der Waals surface area contributed by atoms with E-state index in [1.54, 1.807) is 12.9 Å². The van der Waals surface area contributed by atoms with Crippen molar-refractivity contribution in [1.82, 2.24) is 0 Å². The SMILES string of the molecule is CC(=C=O)COC(=O)CCN. The zero-order valence-corrected chi connectivity index (χ0v) is 6.42. The predicted molar refractivity (Wildman–Crippen MR) is 39.5 cm³/mol. The van der Waals surface area contributed by atoms with Crippen molar-refractivity contribution in [3.63, 3.8) is 0 Å². The summed E-state index contributed by atoms with van der Waals surface area (Å²) >= 11 is 0. The highest BCUT2D eigenvalue weighted by molar-refractivity contribution is 5.70. The summed E-state index contributed by atoms with van der Waals surface area (Å²) < 4.78 is 4.62. The van der Waals surface area contributed by atoms with E-state index in [0.29, 0.717) is 5.57 Å². The van der Waals surface area contributed by atoms with E-state index < -0.39 is 0 Å². The number of carbonyl (C=O) groups is 1. The van der Waals surface area contributed by atoms with Gasteiger partial charge in [0.15, 0.2) is 0 Å². The molecule has 0 heterocycles. The van der Waals surface area contributed by atoms with E-state index in [2.05, 4.69) is 4.74 Å². The Hall–Kier alpha value is -1.12. The number of nitrogens with two attached hydrogens (primary N) is 1. The molecule has 0 rings (SSSR count). The minimum absolute atomic E-state index is 0.0162. The standard InChI is InChI=1S/C7H11NO3/c1-6(4-9)5-11-7(10)2-3-8/h2-3,5,8H2,1H3. The van der Waals surface area contributed by atoms with Gasteiger partial charge in [0.25, 0.3) is 0 Å². The molecule has 2 N–H and O–H groups in total. The summed E-state index contributed by atoms with van der Waals surface area (Å²) in [5.41, 5.74) is 5.45. The first-order valence-corrected chi connectivity index (χ1v) is 3.27. The maximum Gasteiger partial charge on any atom is 0.307 e. The first-order valence-electron chi connectivity index (χ1n) is 3.27. The molecule has 0 aliphatic carbocycles. The number of ether oxygens (including phenoxy) is 1. The van der Waals surface area contributed by atoms with E-state index in [9.17, 15) is 9.59 Å². The highest BCUT2D eigenvalue weighted by Gasteiger charge is 2.00. The van der Waals surface area contributed by atoms with Gasteiger partial charge in [0.2, 0.25) is 0 Å². The van der Waals surface area contributed by atoms with Crippen molar-refractivity contribution in [1.29, 1.82) is 0 Å². The van der Waals surface area contributed by atoms with E-state index in [-0.39, 0.29) is 25.5 Å². The maximum atomic E-state index is 10.6. The fourth-order valence-electron chi connectivity index (χ4n) is 0.408. The van der Waals surface area contributed by atoms with Crippen LogP contribution in [0.1, 0.15) is 13.3 Å². The summed E-state index contributed by atoms with van der Waals surface area (Å²) in [6, 6.07) is 0. The Balaban J connectivity index is 3.54. The summed E-state index contributed by atoms with van der Waals surface area (Å²) in [5.74, 6) is 1.23. The van der Waals surface area contributed by atoms with Gasteiger partial charge in [-0.15, -0.1) is 0 Å². The first-order chi connectivity index (χ1) is 5.20. The van der Waals surface area contributed by atoms with Crippen LogP contribution < -0.4 is 5.73 Å². The normalized spacial score (nSPS) is 8.55. The second kappa shape index (κ2) is 5.65. The van der Waals surface area contributed by atoms with Crippen LogP contribution in [0.2, 0.25) is 0 Å². The molecule has 0 unspecified atom stereocenters. The van der Waals surface area contributed by atoms with Gasteiger partial charge in [-0.25, -0.2) is 4.79 Å². The molecule has 0 aliphatic heterocycles. The van der Waals surface area contributed by atoms with Gasteiger partial charge in [-0.2, -0.15) is 0 Å². The van der Waals surface area contributed by atoms with Crippen molar-refractivity contribution in [2.45, 2.75) is 13.3 Å². The lowest BCUT2D eigenvalue weighted by Crippen LogP contribution is -2.12. The van der Waals surface area contributed by atoms with Gasteiger partial charge < -0.3 is 10.5 Å².